The molecule has 2 aliphatic heterocycles. The summed E-state index contributed by atoms with van der Waals surface area (Å²) in [5.74, 6) is 2.31. The molecule has 2 amide bonds. The van der Waals surface area contributed by atoms with Gasteiger partial charge in [-0.25, -0.2) is 0 Å². The summed E-state index contributed by atoms with van der Waals surface area (Å²) in [5, 5.41) is 0. The van der Waals surface area contributed by atoms with E-state index >= 15 is 0 Å². The van der Waals surface area contributed by atoms with E-state index in [1.165, 1.54) is 0 Å². The maximum atomic E-state index is 12.7. The molecule has 2 unspecified atom stereocenters. The average Bonchev–Trinajstić information content (AvgIpc) is 3.31. The lowest BCUT2D eigenvalue weighted by Gasteiger charge is -2.48. The lowest BCUT2D eigenvalue weighted by molar-refractivity contribution is -0.137. The first-order chi connectivity index (χ1) is 13.5. The van der Waals surface area contributed by atoms with Crippen molar-refractivity contribution in [3.63, 3.8) is 0 Å². The standard InChI is InChI=1S/C21H23ClN2O3S/c1-15-12-23(19(25)11-22)10-9-21(15)24(20(26)14-28-21)13-17-7-8-18(27-17)16-5-3-2-4-6-16/h2-8,15H,9-14H2,1H3. The molecule has 2 atom stereocenters. The Hall–Kier alpha value is -1.92. The Morgan fingerprint density at radius 3 is 2.79 bits per heavy atom. The molecule has 2 aliphatic rings. The predicted octanol–water partition coefficient (Wildman–Crippen LogP) is 3.83. The number of furan rings is 1. The van der Waals surface area contributed by atoms with E-state index in [0.717, 1.165) is 23.5 Å². The second-order valence-corrected chi connectivity index (χ2v) is 8.92. The van der Waals surface area contributed by atoms with Crippen molar-refractivity contribution in [2.45, 2.75) is 24.8 Å². The van der Waals surface area contributed by atoms with Gasteiger partial charge in [-0.15, -0.1) is 23.4 Å². The molecule has 5 nitrogen and oxygen atoms in total. The predicted molar refractivity (Wildman–Crippen MR) is 111 cm³/mol. The average molecular weight is 419 g/mol. The topological polar surface area (TPSA) is 53.8 Å². The highest BCUT2D eigenvalue weighted by Crippen LogP contribution is 2.48. The van der Waals surface area contributed by atoms with Gasteiger partial charge >= 0.3 is 0 Å². The van der Waals surface area contributed by atoms with Crippen LogP contribution in [-0.4, -0.2) is 51.2 Å². The molecule has 148 valence electrons. The van der Waals surface area contributed by atoms with Crippen LogP contribution in [0.15, 0.2) is 46.9 Å². The lowest BCUT2D eigenvalue weighted by atomic mass is 9.91. The Labute approximate surface area is 174 Å². The number of nitrogens with zero attached hydrogens (tertiary/aromatic N) is 2. The number of carbonyl (C=O) groups excluding carboxylic acids is 2. The summed E-state index contributed by atoms with van der Waals surface area (Å²) >= 11 is 7.42. The third-order valence-electron chi connectivity index (χ3n) is 5.71. The third kappa shape index (κ3) is 3.44. The van der Waals surface area contributed by atoms with Gasteiger partial charge in [0.1, 0.15) is 17.4 Å². The molecule has 1 aromatic carbocycles. The monoisotopic (exact) mass is 418 g/mol. The Bertz CT molecular complexity index is 872. The zero-order chi connectivity index (χ0) is 19.7. The molecule has 0 bridgehead atoms. The third-order valence-corrected chi connectivity index (χ3v) is 7.66. The van der Waals surface area contributed by atoms with Crippen LogP contribution in [0.3, 0.4) is 0 Å². The molecule has 4 rings (SSSR count). The first kappa shape index (κ1) is 19.4. The molecule has 0 aliphatic carbocycles. The number of halogens is 1. The van der Waals surface area contributed by atoms with Crippen LogP contribution in [0.5, 0.6) is 0 Å². The zero-order valence-corrected chi connectivity index (χ0v) is 17.3. The van der Waals surface area contributed by atoms with Gasteiger partial charge in [0.05, 0.1) is 17.2 Å². The van der Waals surface area contributed by atoms with E-state index in [1.54, 1.807) is 11.8 Å². The number of hydrogen-bond acceptors (Lipinski definition) is 4. The maximum Gasteiger partial charge on any atom is 0.237 e. The molecular formula is C21H23ClN2O3S. The first-order valence-electron chi connectivity index (χ1n) is 9.46. The van der Waals surface area contributed by atoms with Gasteiger partial charge in [-0.1, -0.05) is 37.3 Å². The Kier molecular flexibility index (Phi) is 5.43. The molecule has 2 aromatic rings. The molecule has 28 heavy (non-hydrogen) atoms. The number of likely N-dealkylation sites (tertiary alicyclic amines) is 1. The molecule has 1 aromatic heterocycles. The fourth-order valence-electron chi connectivity index (χ4n) is 4.18. The molecule has 3 heterocycles. The molecule has 2 fully saturated rings. The minimum Gasteiger partial charge on any atom is -0.459 e. The molecule has 0 radical (unpaired) electrons. The molecule has 0 saturated carbocycles. The number of piperidine rings is 1. The second-order valence-electron chi connectivity index (χ2n) is 7.37. The second kappa shape index (κ2) is 7.84. The van der Waals surface area contributed by atoms with Crippen molar-refractivity contribution in [3.8, 4) is 11.3 Å². The van der Waals surface area contributed by atoms with Gasteiger partial charge < -0.3 is 14.2 Å². The van der Waals surface area contributed by atoms with Crippen LogP contribution in [0.4, 0.5) is 0 Å². The van der Waals surface area contributed by atoms with E-state index in [4.69, 9.17) is 16.0 Å². The van der Waals surface area contributed by atoms with Crippen molar-refractivity contribution in [2.75, 3.05) is 24.7 Å². The van der Waals surface area contributed by atoms with Crippen LogP contribution in [0.25, 0.3) is 11.3 Å². The number of benzene rings is 1. The van der Waals surface area contributed by atoms with Gasteiger partial charge in [0, 0.05) is 24.6 Å². The summed E-state index contributed by atoms with van der Waals surface area (Å²) < 4.78 is 6.04. The van der Waals surface area contributed by atoms with Gasteiger partial charge in [-0.2, -0.15) is 0 Å². The fraction of sp³-hybridized carbons (Fsp3) is 0.429. The summed E-state index contributed by atoms with van der Waals surface area (Å²) in [7, 11) is 0. The number of carbonyl (C=O) groups is 2. The van der Waals surface area contributed by atoms with Crippen molar-refractivity contribution < 1.29 is 14.0 Å². The number of hydrogen-bond donors (Lipinski definition) is 0. The Morgan fingerprint density at radius 1 is 1.29 bits per heavy atom. The van der Waals surface area contributed by atoms with Crippen LogP contribution >= 0.6 is 23.4 Å². The van der Waals surface area contributed by atoms with Crippen LogP contribution in [-0.2, 0) is 16.1 Å². The molecular weight excluding hydrogens is 396 g/mol. The maximum absolute atomic E-state index is 12.7. The van der Waals surface area contributed by atoms with Crippen molar-refractivity contribution in [1.29, 1.82) is 0 Å². The fourth-order valence-corrected chi connectivity index (χ4v) is 5.80. The highest BCUT2D eigenvalue weighted by Gasteiger charge is 2.52. The highest BCUT2D eigenvalue weighted by atomic mass is 35.5. The van der Waals surface area contributed by atoms with Crippen molar-refractivity contribution in [1.82, 2.24) is 9.80 Å². The van der Waals surface area contributed by atoms with Crippen LogP contribution in [0.2, 0.25) is 0 Å². The number of alkyl halides is 1. The van der Waals surface area contributed by atoms with E-state index in [9.17, 15) is 9.59 Å². The van der Waals surface area contributed by atoms with Gasteiger partial charge in [0.15, 0.2) is 0 Å². The van der Waals surface area contributed by atoms with E-state index in [0.29, 0.717) is 25.4 Å². The van der Waals surface area contributed by atoms with Crippen molar-refractivity contribution in [2.24, 2.45) is 5.92 Å². The van der Waals surface area contributed by atoms with E-state index < -0.39 is 0 Å². The quantitative estimate of drug-likeness (QED) is 0.708. The van der Waals surface area contributed by atoms with Gasteiger partial charge in [0.2, 0.25) is 11.8 Å². The number of amides is 2. The minimum atomic E-state index is -0.292. The summed E-state index contributed by atoms with van der Waals surface area (Å²) in [5.41, 5.74) is 1.02. The summed E-state index contributed by atoms with van der Waals surface area (Å²) in [6, 6.07) is 13.8. The van der Waals surface area contributed by atoms with Gasteiger partial charge in [-0.3, -0.25) is 9.59 Å². The summed E-state index contributed by atoms with van der Waals surface area (Å²) in [6.45, 7) is 3.81. The van der Waals surface area contributed by atoms with E-state index in [-0.39, 0.29) is 28.5 Å². The number of rotatable bonds is 4. The molecule has 7 heteroatoms. The largest absolute Gasteiger partial charge is 0.459 e. The molecule has 0 N–H and O–H groups in total. The Morgan fingerprint density at radius 2 is 2.07 bits per heavy atom. The summed E-state index contributed by atoms with van der Waals surface area (Å²) in [6.07, 6.45) is 0.749. The van der Waals surface area contributed by atoms with E-state index in [2.05, 4.69) is 6.92 Å². The first-order valence-corrected chi connectivity index (χ1v) is 11.0. The Balaban J connectivity index is 1.53. The molecule has 1 spiro atoms. The SMILES string of the molecule is CC1CN(C(=O)CCl)CCC12SCC(=O)N2Cc1ccc(-c2ccccc2)o1. The minimum absolute atomic E-state index is 0.00413. The van der Waals surface area contributed by atoms with Crippen LogP contribution in [0, 0.1) is 5.92 Å². The van der Waals surface area contributed by atoms with Gasteiger partial charge in [0.25, 0.3) is 0 Å². The zero-order valence-electron chi connectivity index (χ0n) is 15.8. The number of thioether (sulfide) groups is 1. The van der Waals surface area contributed by atoms with Crippen molar-refractivity contribution in [3.05, 3.63) is 48.2 Å². The van der Waals surface area contributed by atoms with E-state index in [1.807, 2.05) is 52.3 Å². The van der Waals surface area contributed by atoms with Crippen LogP contribution < -0.4 is 0 Å². The highest BCUT2D eigenvalue weighted by molar-refractivity contribution is 8.01. The van der Waals surface area contributed by atoms with Crippen molar-refractivity contribution >= 4 is 35.2 Å². The smallest absolute Gasteiger partial charge is 0.237 e. The molecule has 2 saturated heterocycles. The normalized spacial score (nSPS) is 24.9. The van der Waals surface area contributed by atoms with Crippen LogP contribution in [0.1, 0.15) is 19.1 Å². The lowest BCUT2D eigenvalue weighted by Crippen LogP contribution is -2.57. The van der Waals surface area contributed by atoms with Gasteiger partial charge in [-0.05, 0) is 18.6 Å². The summed E-state index contributed by atoms with van der Waals surface area (Å²) in [4.78, 5) is 28.2.